The monoisotopic (exact) mass is 525 g/mol. The summed E-state index contributed by atoms with van der Waals surface area (Å²) in [4.78, 5) is 25.9. The third-order valence-corrected chi connectivity index (χ3v) is 9.40. The minimum atomic E-state index is -0.970. The van der Waals surface area contributed by atoms with Gasteiger partial charge in [-0.15, -0.1) is 0 Å². The number of halogens is 1. The first-order valence-corrected chi connectivity index (χ1v) is 13.6. The Balaban J connectivity index is 1.34. The Morgan fingerprint density at radius 2 is 1.95 bits per heavy atom. The number of hydrogen-bond acceptors (Lipinski definition) is 8. The number of nitrogens with one attached hydrogen (secondary N) is 3. The minimum absolute atomic E-state index is 0.00285. The molecule has 1 aromatic heterocycles. The summed E-state index contributed by atoms with van der Waals surface area (Å²) in [5, 5.41) is 19.8. The lowest BCUT2D eigenvalue weighted by Crippen LogP contribution is -2.71. The van der Waals surface area contributed by atoms with Gasteiger partial charge in [-0.2, -0.15) is 4.98 Å². The van der Waals surface area contributed by atoms with Gasteiger partial charge in [0.1, 0.15) is 5.82 Å². The van der Waals surface area contributed by atoms with Gasteiger partial charge in [0.2, 0.25) is 11.9 Å². The van der Waals surface area contributed by atoms with E-state index in [1.807, 2.05) is 30.3 Å². The van der Waals surface area contributed by atoms with Crippen molar-refractivity contribution in [2.75, 3.05) is 55.9 Å². The van der Waals surface area contributed by atoms with E-state index < -0.39 is 11.8 Å². The van der Waals surface area contributed by atoms with Crippen LogP contribution in [-0.4, -0.2) is 78.1 Å². The number of likely N-dealkylation sites (N-methyl/N-ethyl adjacent to an activating group) is 1. The van der Waals surface area contributed by atoms with Crippen molar-refractivity contribution in [2.24, 2.45) is 23.2 Å². The number of benzene rings is 1. The molecule has 2 aromatic rings. The molecule has 0 radical (unpaired) electrons. The van der Waals surface area contributed by atoms with Gasteiger partial charge in [0.25, 0.3) is 0 Å². The number of piperazine rings is 1. The van der Waals surface area contributed by atoms with Crippen LogP contribution in [-0.2, 0) is 4.79 Å². The van der Waals surface area contributed by atoms with Crippen molar-refractivity contribution in [2.45, 2.75) is 44.9 Å². The first-order valence-electron chi connectivity index (χ1n) is 13.6. The van der Waals surface area contributed by atoms with Gasteiger partial charge in [-0.25, -0.2) is 9.37 Å². The van der Waals surface area contributed by atoms with E-state index in [4.69, 9.17) is 4.98 Å². The molecular weight excluding hydrogens is 485 g/mol. The highest BCUT2D eigenvalue weighted by Crippen LogP contribution is 2.66. The first kappa shape index (κ1) is 26.6. The van der Waals surface area contributed by atoms with Crippen molar-refractivity contribution in [3.8, 4) is 0 Å². The normalized spacial score (nSPS) is 30.3. The number of hydrogen-bond donors (Lipinski definition) is 4. The maximum absolute atomic E-state index is 14.1. The Hall–Kier alpha value is -2.98. The van der Waals surface area contributed by atoms with Crippen LogP contribution in [0.25, 0.3) is 0 Å². The van der Waals surface area contributed by atoms with Crippen LogP contribution < -0.4 is 20.9 Å². The molecule has 6 rings (SSSR count). The summed E-state index contributed by atoms with van der Waals surface area (Å²) in [5.41, 5.74) is 1.28. The summed E-state index contributed by atoms with van der Waals surface area (Å²) in [5.74, 6) is 1.53. The molecule has 2 bridgehead atoms. The summed E-state index contributed by atoms with van der Waals surface area (Å²) >= 11 is 0. The number of aliphatic hydroxyl groups is 1. The van der Waals surface area contributed by atoms with Crippen LogP contribution in [0, 0.1) is 23.2 Å². The molecule has 1 aromatic carbocycles. The molecule has 10 heteroatoms. The fraction of sp³-hybridized carbons (Fsp3) is 0.607. The first-order chi connectivity index (χ1) is 18.2. The van der Waals surface area contributed by atoms with E-state index in [0.29, 0.717) is 37.2 Å². The van der Waals surface area contributed by atoms with Gasteiger partial charge < -0.3 is 26.0 Å². The average molecular weight is 526 g/mol. The number of carbonyl (C=O) groups is 1. The van der Waals surface area contributed by atoms with Crippen LogP contribution in [0.2, 0.25) is 0 Å². The predicted octanol–water partition coefficient (Wildman–Crippen LogP) is 3.23. The van der Waals surface area contributed by atoms with Crippen LogP contribution >= 0.6 is 0 Å². The van der Waals surface area contributed by atoms with E-state index in [9.17, 15) is 14.3 Å². The Morgan fingerprint density at radius 3 is 2.61 bits per heavy atom. The van der Waals surface area contributed by atoms with E-state index in [1.54, 1.807) is 25.2 Å². The number of fused-ring (bicyclic) bond motifs is 2. The van der Waals surface area contributed by atoms with Gasteiger partial charge in [-0.3, -0.25) is 9.69 Å². The zero-order valence-electron chi connectivity index (χ0n) is 22.7. The van der Waals surface area contributed by atoms with Crippen molar-refractivity contribution in [3.63, 3.8) is 0 Å². The second-order valence-corrected chi connectivity index (χ2v) is 11.6. The Labute approximate surface area is 224 Å². The largest absolute Gasteiger partial charge is 0.396 e. The number of nitrogens with zero attached hydrogens (tertiary/aromatic N) is 4. The summed E-state index contributed by atoms with van der Waals surface area (Å²) in [6.07, 6.45) is 3.01. The van der Waals surface area contributed by atoms with E-state index in [-0.39, 0.29) is 29.8 Å². The number of aliphatic hydroxyl groups excluding tert-OH is 1. The molecule has 3 aliphatic carbocycles. The molecule has 1 unspecified atom stereocenters. The van der Waals surface area contributed by atoms with Gasteiger partial charge in [0, 0.05) is 44.3 Å². The van der Waals surface area contributed by atoms with Gasteiger partial charge in [0.05, 0.1) is 18.0 Å². The summed E-state index contributed by atoms with van der Waals surface area (Å²) in [6.45, 7) is 6.35. The number of alkyl halides is 1. The third kappa shape index (κ3) is 4.68. The van der Waals surface area contributed by atoms with E-state index in [1.165, 1.54) is 0 Å². The fourth-order valence-corrected chi connectivity index (χ4v) is 6.99. The topological polar surface area (TPSA) is 106 Å². The summed E-state index contributed by atoms with van der Waals surface area (Å²) in [7, 11) is 3.48. The lowest BCUT2D eigenvalue weighted by atomic mass is 9.40. The molecule has 4 fully saturated rings. The minimum Gasteiger partial charge on any atom is -0.396 e. The predicted molar refractivity (Wildman–Crippen MR) is 147 cm³/mol. The molecule has 206 valence electrons. The van der Waals surface area contributed by atoms with E-state index >= 15 is 0 Å². The standard InChI is InChI=1S/C28H40FN7O2/c1-27(2)18-15-21(25(38)30-3)28(10-14-37,22(27)16-18)34-24-9-11-31-26(33-24)32-19-5-7-20(8-6-19)36-13-12-35(4)23(29)17-36/h5-9,11,18,21-23,37H,10,12-17H2,1-4H3,(H,30,38)(H2,31,32,33,34)/t18-,21-,22-,23?,28+/m1/s1. The zero-order valence-corrected chi connectivity index (χ0v) is 22.7. The Kier molecular flexibility index (Phi) is 7.21. The van der Waals surface area contributed by atoms with Gasteiger partial charge in [-0.05, 0) is 73.9 Å². The fourth-order valence-electron chi connectivity index (χ4n) is 6.99. The van der Waals surface area contributed by atoms with Crippen LogP contribution in [0.3, 0.4) is 0 Å². The zero-order chi connectivity index (χ0) is 27.1. The molecule has 9 nitrogen and oxygen atoms in total. The lowest BCUT2D eigenvalue weighted by Gasteiger charge is -2.67. The van der Waals surface area contributed by atoms with Gasteiger partial charge in [-0.1, -0.05) is 13.8 Å². The molecule has 4 N–H and O–H groups in total. The highest BCUT2D eigenvalue weighted by atomic mass is 19.1. The molecular formula is C28H40FN7O2. The number of carbonyl (C=O) groups excluding carboxylic acids is 1. The summed E-state index contributed by atoms with van der Waals surface area (Å²) in [6, 6.07) is 9.65. The molecule has 2 heterocycles. The second-order valence-electron chi connectivity index (χ2n) is 11.6. The molecule has 0 spiro atoms. The Bertz CT molecular complexity index is 1150. The lowest BCUT2D eigenvalue weighted by molar-refractivity contribution is -0.161. The highest BCUT2D eigenvalue weighted by Gasteiger charge is 2.66. The van der Waals surface area contributed by atoms with Crippen molar-refractivity contribution in [1.29, 1.82) is 0 Å². The molecule has 38 heavy (non-hydrogen) atoms. The van der Waals surface area contributed by atoms with Crippen LogP contribution in [0.5, 0.6) is 0 Å². The number of anilines is 4. The van der Waals surface area contributed by atoms with E-state index in [0.717, 1.165) is 30.8 Å². The van der Waals surface area contributed by atoms with E-state index in [2.05, 4.69) is 39.7 Å². The quantitative estimate of drug-likeness (QED) is 0.390. The molecule has 1 aliphatic heterocycles. The number of aromatic nitrogens is 2. The SMILES string of the molecule is CNC(=O)[C@H]1C[C@@H]2C[C@H](C2(C)C)[C@@]1(CCO)Nc1ccnc(Nc2ccc(N3CCN(C)C(F)C3)cc2)n1. The van der Waals surface area contributed by atoms with Crippen molar-refractivity contribution in [3.05, 3.63) is 36.5 Å². The van der Waals surface area contributed by atoms with Crippen molar-refractivity contribution in [1.82, 2.24) is 20.2 Å². The average Bonchev–Trinajstić information content (AvgIpc) is 2.90. The third-order valence-electron chi connectivity index (χ3n) is 9.40. The Morgan fingerprint density at radius 1 is 1.18 bits per heavy atom. The second kappa shape index (κ2) is 10.3. The highest BCUT2D eigenvalue weighted by molar-refractivity contribution is 5.81. The maximum atomic E-state index is 14.1. The van der Waals surface area contributed by atoms with Crippen molar-refractivity contribution >= 4 is 29.0 Å². The van der Waals surface area contributed by atoms with Crippen molar-refractivity contribution < 1.29 is 14.3 Å². The van der Waals surface area contributed by atoms with Gasteiger partial charge in [0.15, 0.2) is 6.30 Å². The smallest absolute Gasteiger partial charge is 0.229 e. The molecule has 4 aliphatic rings. The molecule has 5 atom stereocenters. The molecule has 3 saturated carbocycles. The van der Waals surface area contributed by atoms with Crippen LogP contribution in [0.1, 0.15) is 33.1 Å². The number of amides is 1. The van der Waals surface area contributed by atoms with Gasteiger partial charge >= 0.3 is 0 Å². The maximum Gasteiger partial charge on any atom is 0.229 e. The molecule has 1 saturated heterocycles. The molecule has 1 amide bonds. The van der Waals surface area contributed by atoms with Crippen LogP contribution in [0.15, 0.2) is 36.5 Å². The number of rotatable bonds is 8. The summed E-state index contributed by atoms with van der Waals surface area (Å²) < 4.78 is 14.1. The van der Waals surface area contributed by atoms with Crippen LogP contribution in [0.4, 0.5) is 27.5 Å².